The van der Waals surface area contributed by atoms with Crippen molar-refractivity contribution < 1.29 is 17.5 Å². The summed E-state index contributed by atoms with van der Waals surface area (Å²) < 4.78 is 49.7. The summed E-state index contributed by atoms with van der Waals surface area (Å²) in [6.07, 6.45) is 4.80. The molecular formula is C28H24FN5O3S. The molecular weight excluding hydrogens is 505 g/mol. The maximum atomic E-state index is 15.1. The second-order valence-corrected chi connectivity index (χ2v) is 11.0. The fraction of sp³-hybridized carbons (Fsp3) is 0.250. The molecule has 1 N–H and O–H groups in total. The van der Waals surface area contributed by atoms with Gasteiger partial charge in [-0.3, -0.25) is 4.72 Å². The Bertz CT molecular complexity index is 1730. The van der Waals surface area contributed by atoms with Gasteiger partial charge < -0.3 is 9.30 Å². The van der Waals surface area contributed by atoms with E-state index in [1.54, 1.807) is 43.3 Å². The Kier molecular flexibility index (Phi) is 6.75. The summed E-state index contributed by atoms with van der Waals surface area (Å²) >= 11 is 0. The summed E-state index contributed by atoms with van der Waals surface area (Å²) in [6.45, 7) is 1.73. The number of hydrogen-bond donors (Lipinski definition) is 1. The average molecular weight is 530 g/mol. The number of benzene rings is 2. The van der Waals surface area contributed by atoms with Crippen molar-refractivity contribution in [2.24, 2.45) is 0 Å². The maximum Gasteiger partial charge on any atom is 0.237 e. The summed E-state index contributed by atoms with van der Waals surface area (Å²) in [4.78, 5) is 4.16. The van der Waals surface area contributed by atoms with Gasteiger partial charge in [0.15, 0.2) is 0 Å². The summed E-state index contributed by atoms with van der Waals surface area (Å²) in [5, 5.41) is 20.2. The predicted molar refractivity (Wildman–Crippen MR) is 142 cm³/mol. The van der Waals surface area contributed by atoms with Crippen LogP contribution in [0.15, 0.2) is 54.7 Å². The summed E-state index contributed by atoms with van der Waals surface area (Å²) in [5.41, 5.74) is 2.35. The Hall–Kier alpha value is -4.41. The number of ether oxygens (including phenoxy) is 1. The minimum absolute atomic E-state index is 0.110. The smallest absolute Gasteiger partial charge is 0.237 e. The van der Waals surface area contributed by atoms with Crippen LogP contribution in [-0.4, -0.2) is 23.7 Å². The molecule has 10 heteroatoms. The van der Waals surface area contributed by atoms with Crippen LogP contribution in [0.25, 0.3) is 22.2 Å². The number of nitrogens with zero attached hydrogens (tertiary/aromatic N) is 4. The van der Waals surface area contributed by atoms with Crippen LogP contribution in [0, 0.1) is 28.5 Å². The Morgan fingerprint density at radius 3 is 2.63 bits per heavy atom. The Labute approximate surface area is 220 Å². The highest BCUT2D eigenvalue weighted by atomic mass is 32.2. The number of anilines is 1. The quantitative estimate of drug-likeness (QED) is 0.288. The fourth-order valence-electron chi connectivity index (χ4n) is 4.68. The second-order valence-electron chi connectivity index (χ2n) is 9.15. The molecule has 5 rings (SSSR count). The lowest BCUT2D eigenvalue weighted by atomic mass is 9.92. The van der Waals surface area contributed by atoms with Crippen LogP contribution in [0.3, 0.4) is 0 Å². The van der Waals surface area contributed by atoms with Gasteiger partial charge in [0, 0.05) is 29.3 Å². The van der Waals surface area contributed by atoms with Crippen LogP contribution in [0.2, 0.25) is 0 Å². The second kappa shape index (κ2) is 10.2. The lowest BCUT2D eigenvalue weighted by molar-refractivity contribution is 0.324. The molecule has 8 nitrogen and oxygen atoms in total. The van der Waals surface area contributed by atoms with Crippen molar-refractivity contribution in [1.82, 2.24) is 9.55 Å². The van der Waals surface area contributed by atoms with E-state index in [1.807, 2.05) is 4.57 Å². The highest BCUT2D eigenvalue weighted by Crippen LogP contribution is 2.44. The zero-order valence-corrected chi connectivity index (χ0v) is 21.4. The van der Waals surface area contributed by atoms with Crippen LogP contribution in [-0.2, 0) is 10.0 Å². The topological polar surface area (TPSA) is 121 Å². The molecule has 192 valence electrons. The number of sulfonamides is 1. The van der Waals surface area contributed by atoms with E-state index in [4.69, 9.17) is 4.74 Å². The van der Waals surface area contributed by atoms with Crippen LogP contribution < -0.4 is 9.46 Å². The largest absolute Gasteiger partial charge is 0.438 e. The number of nitriles is 2. The molecule has 2 aromatic carbocycles. The monoisotopic (exact) mass is 529 g/mol. The molecule has 2 aromatic heterocycles. The molecule has 0 saturated heterocycles. The number of pyridine rings is 1. The first-order valence-electron chi connectivity index (χ1n) is 12.3. The first kappa shape index (κ1) is 25.2. The van der Waals surface area contributed by atoms with E-state index in [-0.39, 0.29) is 23.4 Å². The van der Waals surface area contributed by atoms with Crippen molar-refractivity contribution in [3.8, 4) is 35.0 Å². The first-order chi connectivity index (χ1) is 18.3. The molecule has 0 atom stereocenters. The third-order valence-corrected chi connectivity index (χ3v) is 8.09. The Balaban J connectivity index is 1.62. The molecule has 1 aliphatic carbocycles. The minimum atomic E-state index is -3.66. The third-order valence-electron chi connectivity index (χ3n) is 6.61. The van der Waals surface area contributed by atoms with Crippen molar-refractivity contribution in [3.05, 3.63) is 71.7 Å². The number of nitrogens with one attached hydrogen (secondary N) is 1. The molecule has 0 radical (unpaired) electrons. The van der Waals surface area contributed by atoms with Gasteiger partial charge in [-0.05, 0) is 62.1 Å². The van der Waals surface area contributed by atoms with Gasteiger partial charge in [-0.1, -0.05) is 13.0 Å². The first-order valence-corrected chi connectivity index (χ1v) is 13.9. The standard InChI is InChI=1S/C28H24FN5O3S/c1-2-13-38(35,36)33-25-11-8-18(14-24(25)29)27-23(17-31)22-10-9-21(15-26(22)34(27)20-6-3-7-20)37-28-19(16-30)5-4-12-32-28/h4-5,8-12,14-15,20,33H,2-3,6-7,13H2,1H3. The van der Waals surface area contributed by atoms with E-state index >= 15 is 4.39 Å². The zero-order chi connectivity index (χ0) is 26.9. The van der Waals surface area contributed by atoms with Gasteiger partial charge in [-0.25, -0.2) is 17.8 Å². The SMILES string of the molecule is CCCS(=O)(=O)Nc1ccc(-c2c(C#N)c3ccc(Oc4ncccc4C#N)cc3n2C2CCC2)cc1F. The van der Waals surface area contributed by atoms with E-state index < -0.39 is 15.8 Å². The fourth-order valence-corrected chi connectivity index (χ4v) is 5.82. The minimum Gasteiger partial charge on any atom is -0.438 e. The van der Waals surface area contributed by atoms with Gasteiger partial charge in [0.1, 0.15) is 29.3 Å². The molecule has 0 spiro atoms. The van der Waals surface area contributed by atoms with Crippen molar-refractivity contribution in [2.45, 2.75) is 38.6 Å². The van der Waals surface area contributed by atoms with E-state index in [2.05, 4.69) is 21.8 Å². The third kappa shape index (κ3) is 4.67. The summed E-state index contributed by atoms with van der Waals surface area (Å²) in [5.74, 6) is -0.199. The number of rotatable bonds is 8. The summed E-state index contributed by atoms with van der Waals surface area (Å²) in [6, 6.07) is 17.3. The molecule has 2 heterocycles. The molecule has 1 aliphatic rings. The van der Waals surface area contributed by atoms with Crippen LogP contribution in [0.4, 0.5) is 10.1 Å². The predicted octanol–water partition coefficient (Wildman–Crippen LogP) is 6.25. The Morgan fingerprint density at radius 1 is 1.16 bits per heavy atom. The summed E-state index contributed by atoms with van der Waals surface area (Å²) in [7, 11) is -3.66. The van der Waals surface area contributed by atoms with Gasteiger partial charge in [-0.15, -0.1) is 0 Å². The molecule has 0 bridgehead atoms. The van der Waals surface area contributed by atoms with Gasteiger partial charge in [0.25, 0.3) is 0 Å². The van der Waals surface area contributed by atoms with E-state index in [1.165, 1.54) is 18.3 Å². The highest BCUT2D eigenvalue weighted by molar-refractivity contribution is 7.92. The molecule has 1 fully saturated rings. The van der Waals surface area contributed by atoms with E-state index in [0.29, 0.717) is 39.9 Å². The van der Waals surface area contributed by atoms with Crippen molar-refractivity contribution in [3.63, 3.8) is 0 Å². The Morgan fingerprint density at radius 2 is 1.97 bits per heavy atom. The lowest BCUT2D eigenvalue weighted by Gasteiger charge is -2.30. The van der Waals surface area contributed by atoms with Gasteiger partial charge >= 0.3 is 0 Å². The maximum absolute atomic E-state index is 15.1. The number of fused-ring (bicyclic) bond motifs is 1. The normalized spacial score (nSPS) is 13.5. The molecule has 1 saturated carbocycles. The number of hydrogen-bond acceptors (Lipinski definition) is 6. The van der Waals surface area contributed by atoms with Crippen LogP contribution in [0.5, 0.6) is 11.6 Å². The van der Waals surface area contributed by atoms with Crippen LogP contribution >= 0.6 is 0 Å². The van der Waals surface area contributed by atoms with Crippen LogP contribution in [0.1, 0.15) is 49.8 Å². The molecule has 0 unspecified atom stereocenters. The average Bonchev–Trinajstić information content (AvgIpc) is 3.17. The number of halogens is 1. The molecule has 0 aliphatic heterocycles. The molecule has 38 heavy (non-hydrogen) atoms. The van der Waals surface area contributed by atoms with Crippen molar-refractivity contribution in [2.75, 3.05) is 10.5 Å². The van der Waals surface area contributed by atoms with Crippen molar-refractivity contribution in [1.29, 1.82) is 10.5 Å². The van der Waals surface area contributed by atoms with Gasteiger partial charge in [-0.2, -0.15) is 10.5 Å². The van der Waals surface area contributed by atoms with Gasteiger partial charge in [0.2, 0.25) is 15.9 Å². The highest BCUT2D eigenvalue weighted by Gasteiger charge is 2.28. The zero-order valence-electron chi connectivity index (χ0n) is 20.6. The van der Waals surface area contributed by atoms with Crippen molar-refractivity contribution >= 4 is 26.6 Å². The lowest BCUT2D eigenvalue weighted by Crippen LogP contribution is -2.18. The van der Waals surface area contributed by atoms with E-state index in [0.717, 1.165) is 24.8 Å². The molecule has 0 amide bonds. The number of aromatic nitrogens is 2. The molecule has 4 aromatic rings. The van der Waals surface area contributed by atoms with E-state index in [9.17, 15) is 18.9 Å². The van der Waals surface area contributed by atoms with Gasteiger partial charge in [0.05, 0.1) is 28.2 Å².